The van der Waals surface area contributed by atoms with E-state index in [4.69, 9.17) is 9.26 Å². The first kappa shape index (κ1) is 9.50. The fraction of sp³-hybridized carbons (Fsp3) is 1.00. The maximum Gasteiger partial charge on any atom is 0.154 e. The van der Waals surface area contributed by atoms with Crippen molar-refractivity contribution in [1.29, 1.82) is 0 Å². The number of ether oxygens (including phenoxy) is 1. The molecular weight excluding hydrogens is 158 g/mol. The normalized spacial score (nSPS) is 37.5. The van der Waals surface area contributed by atoms with Crippen LogP contribution in [-0.2, 0) is 9.26 Å². The zero-order valence-corrected chi connectivity index (χ0v) is 8.40. The molecule has 11 heavy (non-hydrogen) atoms. The second-order valence-corrected chi connectivity index (χ2v) is 3.30. The summed E-state index contributed by atoms with van der Waals surface area (Å²) < 4.78 is 11.0. The Bertz CT molecular complexity index is 111. The third kappa shape index (κ3) is 2.17. The van der Waals surface area contributed by atoms with Gasteiger partial charge in [-0.15, -0.1) is 0 Å². The van der Waals surface area contributed by atoms with Gasteiger partial charge in [0.25, 0.3) is 0 Å². The molecule has 0 aromatic carbocycles. The van der Waals surface area contributed by atoms with Crippen molar-refractivity contribution in [2.45, 2.75) is 44.8 Å². The Morgan fingerprint density at radius 2 is 2.45 bits per heavy atom. The van der Waals surface area contributed by atoms with Gasteiger partial charge in [-0.05, 0) is 12.8 Å². The molecule has 4 heteroatoms. The molecule has 0 amide bonds. The van der Waals surface area contributed by atoms with E-state index in [-0.39, 0.29) is 0 Å². The minimum Gasteiger partial charge on any atom is -0.381 e. The molecule has 1 aliphatic rings. The van der Waals surface area contributed by atoms with Gasteiger partial charge in [-0.2, -0.15) is 0 Å². The van der Waals surface area contributed by atoms with E-state index < -0.39 is 0 Å². The summed E-state index contributed by atoms with van der Waals surface area (Å²) in [5.74, 6) is 0. The standard InChI is InChI=1S/C7H16BO2P/c1-3-5-6(10-11)4-7(8-2)9-5/h5-8H,3-4,11H2,1-2H3/t5-,6?,7-/m1/s1. The van der Waals surface area contributed by atoms with E-state index in [9.17, 15) is 0 Å². The molecule has 0 saturated carbocycles. The minimum atomic E-state index is 0.301. The van der Waals surface area contributed by atoms with Crippen LogP contribution in [0.2, 0.25) is 6.82 Å². The molecule has 1 fully saturated rings. The summed E-state index contributed by atoms with van der Waals surface area (Å²) in [5.41, 5.74) is 0. The molecule has 2 unspecified atom stereocenters. The minimum absolute atomic E-state index is 0.301. The van der Waals surface area contributed by atoms with E-state index in [2.05, 4.69) is 23.2 Å². The monoisotopic (exact) mass is 174 g/mol. The van der Waals surface area contributed by atoms with E-state index in [0.717, 1.165) is 20.1 Å². The fourth-order valence-electron chi connectivity index (χ4n) is 1.57. The fourth-order valence-corrected chi connectivity index (χ4v) is 1.85. The molecule has 1 heterocycles. The maximum absolute atomic E-state index is 5.72. The predicted octanol–water partition coefficient (Wildman–Crippen LogP) is 1.17. The molecule has 2 nitrogen and oxygen atoms in total. The zero-order chi connectivity index (χ0) is 8.27. The molecular formula is C7H16BO2P. The van der Waals surface area contributed by atoms with Crippen LogP contribution in [0.1, 0.15) is 19.8 Å². The van der Waals surface area contributed by atoms with Crippen LogP contribution in [0.25, 0.3) is 0 Å². The van der Waals surface area contributed by atoms with Crippen molar-refractivity contribution in [2.24, 2.45) is 0 Å². The molecule has 0 spiro atoms. The van der Waals surface area contributed by atoms with Gasteiger partial charge in [-0.3, -0.25) is 0 Å². The van der Waals surface area contributed by atoms with Crippen LogP contribution in [0.3, 0.4) is 0 Å². The highest BCUT2D eigenvalue weighted by atomic mass is 31.0. The van der Waals surface area contributed by atoms with Gasteiger partial charge in [0.2, 0.25) is 0 Å². The lowest BCUT2D eigenvalue weighted by atomic mass is 9.73. The average Bonchev–Trinajstić information content (AvgIpc) is 2.46. The van der Waals surface area contributed by atoms with Crippen LogP contribution >= 0.6 is 9.47 Å². The third-order valence-electron chi connectivity index (χ3n) is 2.31. The molecule has 64 valence electrons. The van der Waals surface area contributed by atoms with Crippen molar-refractivity contribution in [1.82, 2.24) is 0 Å². The van der Waals surface area contributed by atoms with E-state index >= 15 is 0 Å². The number of hydrogen-bond donors (Lipinski definition) is 0. The Morgan fingerprint density at radius 1 is 1.73 bits per heavy atom. The van der Waals surface area contributed by atoms with Gasteiger partial charge < -0.3 is 9.26 Å². The van der Waals surface area contributed by atoms with Crippen LogP contribution in [0.5, 0.6) is 0 Å². The first-order valence-corrected chi connectivity index (χ1v) is 4.79. The molecule has 1 rings (SSSR count). The Morgan fingerprint density at radius 3 is 2.82 bits per heavy atom. The zero-order valence-electron chi connectivity index (χ0n) is 7.25. The number of hydrogen-bond acceptors (Lipinski definition) is 2. The summed E-state index contributed by atoms with van der Waals surface area (Å²) in [6.45, 7) is 4.29. The smallest absolute Gasteiger partial charge is 0.154 e. The van der Waals surface area contributed by atoms with Crippen molar-refractivity contribution in [3.63, 3.8) is 0 Å². The van der Waals surface area contributed by atoms with Gasteiger partial charge in [0.05, 0.1) is 12.2 Å². The topological polar surface area (TPSA) is 18.5 Å². The van der Waals surface area contributed by atoms with Gasteiger partial charge in [-0.25, -0.2) is 0 Å². The highest BCUT2D eigenvalue weighted by molar-refractivity contribution is 7.09. The highest BCUT2D eigenvalue weighted by Crippen LogP contribution is 2.26. The summed E-state index contributed by atoms with van der Waals surface area (Å²) in [5, 5.41) is 0. The Hall–Kier alpha value is 0.415. The number of rotatable bonds is 3. The predicted molar refractivity (Wildman–Crippen MR) is 51.2 cm³/mol. The van der Waals surface area contributed by atoms with Gasteiger partial charge in [0.1, 0.15) is 0 Å². The van der Waals surface area contributed by atoms with Crippen molar-refractivity contribution in [3.8, 4) is 0 Å². The highest BCUT2D eigenvalue weighted by Gasteiger charge is 2.32. The molecule has 0 aromatic rings. The second kappa shape index (κ2) is 4.44. The largest absolute Gasteiger partial charge is 0.381 e. The van der Waals surface area contributed by atoms with E-state index in [1.807, 2.05) is 0 Å². The molecule has 0 aliphatic carbocycles. The van der Waals surface area contributed by atoms with Crippen molar-refractivity contribution < 1.29 is 9.26 Å². The van der Waals surface area contributed by atoms with Gasteiger partial charge in [-0.1, -0.05) is 13.7 Å². The summed E-state index contributed by atoms with van der Waals surface area (Å²) in [7, 11) is 3.43. The Kier molecular flexibility index (Phi) is 3.84. The summed E-state index contributed by atoms with van der Waals surface area (Å²) in [6.07, 6.45) is 2.72. The average molecular weight is 174 g/mol. The van der Waals surface area contributed by atoms with Crippen molar-refractivity contribution in [3.05, 3.63) is 0 Å². The van der Waals surface area contributed by atoms with E-state index in [1.165, 1.54) is 0 Å². The van der Waals surface area contributed by atoms with E-state index in [0.29, 0.717) is 18.2 Å². The Balaban J connectivity index is 2.41. The first-order valence-electron chi connectivity index (χ1n) is 4.32. The molecule has 1 saturated heterocycles. The van der Waals surface area contributed by atoms with Gasteiger partial charge in [0.15, 0.2) is 7.28 Å². The lowest BCUT2D eigenvalue weighted by Crippen LogP contribution is -2.20. The first-order chi connectivity index (χ1) is 5.31. The third-order valence-corrected chi connectivity index (χ3v) is 2.66. The summed E-state index contributed by atoms with van der Waals surface area (Å²) in [4.78, 5) is 0. The lowest BCUT2D eigenvalue weighted by molar-refractivity contribution is 0.0453. The molecule has 0 N–H and O–H groups in total. The molecule has 0 radical (unpaired) electrons. The Labute approximate surface area is 71.6 Å². The van der Waals surface area contributed by atoms with Crippen LogP contribution in [0, 0.1) is 0 Å². The second-order valence-electron chi connectivity index (χ2n) is 3.02. The van der Waals surface area contributed by atoms with Crippen molar-refractivity contribution >= 4 is 16.7 Å². The van der Waals surface area contributed by atoms with Gasteiger partial charge >= 0.3 is 0 Å². The van der Waals surface area contributed by atoms with Crippen LogP contribution in [-0.4, -0.2) is 25.5 Å². The van der Waals surface area contributed by atoms with Crippen LogP contribution in [0.15, 0.2) is 0 Å². The van der Waals surface area contributed by atoms with Crippen LogP contribution < -0.4 is 0 Å². The molecule has 0 bridgehead atoms. The lowest BCUT2D eigenvalue weighted by Gasteiger charge is -2.14. The SMILES string of the molecule is CB[C@H]1CC(OP)[C@@H](CC)O1. The van der Waals surface area contributed by atoms with Crippen LogP contribution in [0.4, 0.5) is 0 Å². The molecule has 4 atom stereocenters. The quantitative estimate of drug-likeness (QED) is 0.472. The summed E-state index contributed by atoms with van der Waals surface area (Å²) in [6, 6.07) is 0.422. The molecule has 1 aliphatic heterocycles. The molecule has 0 aromatic heterocycles. The van der Waals surface area contributed by atoms with E-state index in [1.54, 1.807) is 0 Å². The van der Waals surface area contributed by atoms with Crippen molar-refractivity contribution in [2.75, 3.05) is 0 Å². The maximum atomic E-state index is 5.72. The summed E-state index contributed by atoms with van der Waals surface area (Å²) >= 11 is 0. The van der Waals surface area contributed by atoms with Gasteiger partial charge in [0, 0.05) is 15.5 Å².